The molecular weight excluding hydrogens is 637 g/mol. The van der Waals surface area contributed by atoms with E-state index in [9.17, 15) is 0 Å². The van der Waals surface area contributed by atoms with Crippen molar-refractivity contribution >= 4 is 102 Å². The van der Waals surface area contributed by atoms with Gasteiger partial charge in [-0.1, -0.05) is 127 Å². The summed E-state index contributed by atoms with van der Waals surface area (Å²) in [6, 6.07) is 62.9. The normalized spacial score (nSPS) is 12.3. The van der Waals surface area contributed by atoms with Crippen molar-refractivity contribution in [2.75, 3.05) is 0 Å². The number of benzene rings is 8. The van der Waals surface area contributed by atoms with Crippen LogP contribution in [-0.4, -0.2) is 8.97 Å². The summed E-state index contributed by atoms with van der Waals surface area (Å²) in [6.45, 7) is 0. The van der Waals surface area contributed by atoms with Gasteiger partial charge in [0.2, 0.25) is 0 Å². The lowest BCUT2D eigenvalue weighted by Crippen LogP contribution is -1.94. The Bertz CT molecular complexity index is 3400. The van der Waals surface area contributed by atoms with E-state index >= 15 is 0 Å². The number of hydrogen-bond donors (Lipinski definition) is 0. The van der Waals surface area contributed by atoms with Crippen LogP contribution in [0.3, 0.4) is 0 Å². The smallest absolute Gasteiger partial charge is 0.0641 e. The first-order valence-electron chi connectivity index (χ1n) is 17.5. The van der Waals surface area contributed by atoms with Gasteiger partial charge in [-0.15, -0.1) is 11.3 Å². The Labute approximate surface area is 296 Å². The molecule has 3 heteroatoms. The highest BCUT2D eigenvalue weighted by Crippen LogP contribution is 2.46. The maximum Gasteiger partial charge on any atom is 0.0641 e. The summed E-state index contributed by atoms with van der Waals surface area (Å²) in [6.07, 6.45) is 0. The molecule has 8 aromatic carbocycles. The van der Waals surface area contributed by atoms with Crippen LogP contribution < -0.4 is 0 Å². The van der Waals surface area contributed by atoms with Gasteiger partial charge >= 0.3 is 0 Å². The Morgan fingerprint density at radius 2 is 0.863 bits per heavy atom. The van der Waals surface area contributed by atoms with Crippen molar-refractivity contribution in [3.05, 3.63) is 170 Å². The Balaban J connectivity index is 1.34. The van der Waals surface area contributed by atoms with E-state index in [1.165, 1.54) is 102 Å². The molecule has 0 saturated heterocycles. The second-order valence-electron chi connectivity index (χ2n) is 13.6. The minimum Gasteiger partial charge on any atom is -0.309 e. The predicted molar refractivity (Wildman–Crippen MR) is 220 cm³/mol. The summed E-state index contributed by atoms with van der Waals surface area (Å²) >= 11 is 1.90. The van der Waals surface area contributed by atoms with Gasteiger partial charge in [0.25, 0.3) is 0 Å². The highest BCUT2D eigenvalue weighted by molar-refractivity contribution is 7.26. The average Bonchev–Trinajstić information content (AvgIpc) is 3.86. The topological polar surface area (TPSA) is 9.34 Å². The first kappa shape index (κ1) is 27.4. The van der Waals surface area contributed by atoms with E-state index in [0.29, 0.717) is 0 Å². The van der Waals surface area contributed by atoms with E-state index in [4.69, 9.17) is 0 Å². The highest BCUT2D eigenvalue weighted by Gasteiger charge is 2.22. The molecular formula is C48H28N2S. The van der Waals surface area contributed by atoms with Crippen molar-refractivity contribution in [3.8, 4) is 16.8 Å². The van der Waals surface area contributed by atoms with Gasteiger partial charge in [0.05, 0.1) is 27.6 Å². The Morgan fingerprint density at radius 1 is 0.314 bits per heavy atom. The van der Waals surface area contributed by atoms with Crippen LogP contribution in [0, 0.1) is 0 Å². The molecule has 4 aromatic heterocycles. The van der Waals surface area contributed by atoms with Gasteiger partial charge in [-0.3, -0.25) is 0 Å². The van der Waals surface area contributed by atoms with Crippen LogP contribution in [0.1, 0.15) is 0 Å². The lowest BCUT2D eigenvalue weighted by Gasteiger charge is -2.10. The SMILES string of the molecule is c1ccc(-c2ccc(-n3c4ccccc4c4ccc5c(c6cccc7c8cccc9sc%10cccc(c%11ccccc%11n5c76)c%10c98)c43)cc2)cc1. The van der Waals surface area contributed by atoms with Crippen molar-refractivity contribution in [2.24, 2.45) is 0 Å². The summed E-state index contributed by atoms with van der Waals surface area (Å²) < 4.78 is 7.71. The minimum atomic E-state index is 1.16. The van der Waals surface area contributed by atoms with Crippen molar-refractivity contribution in [2.45, 2.75) is 0 Å². The summed E-state index contributed by atoms with van der Waals surface area (Å²) in [5, 5.41) is 12.9. The fraction of sp³-hybridized carbons (Fsp3) is 0. The zero-order chi connectivity index (χ0) is 33.2. The molecule has 0 spiro atoms. The molecule has 0 saturated carbocycles. The Kier molecular flexibility index (Phi) is 5.41. The number of nitrogens with zero attached hydrogens (tertiary/aromatic N) is 2. The van der Waals surface area contributed by atoms with E-state index < -0.39 is 0 Å². The van der Waals surface area contributed by atoms with Crippen molar-refractivity contribution in [1.82, 2.24) is 8.97 Å². The number of rotatable bonds is 2. The fourth-order valence-electron chi connectivity index (χ4n) is 8.99. The maximum absolute atomic E-state index is 2.56. The second-order valence-corrected chi connectivity index (χ2v) is 14.7. The minimum absolute atomic E-state index is 1.16. The van der Waals surface area contributed by atoms with Gasteiger partial charge < -0.3 is 8.97 Å². The van der Waals surface area contributed by atoms with Gasteiger partial charge in [-0.2, -0.15) is 0 Å². The van der Waals surface area contributed by atoms with Gasteiger partial charge in [-0.05, 0) is 64.4 Å². The van der Waals surface area contributed by atoms with Crippen LogP contribution in [-0.2, 0) is 0 Å². The number of hydrogen-bond acceptors (Lipinski definition) is 1. The van der Waals surface area contributed by atoms with E-state index in [2.05, 4.69) is 179 Å². The number of para-hydroxylation sites is 3. The maximum atomic E-state index is 2.56. The van der Waals surface area contributed by atoms with Crippen molar-refractivity contribution in [3.63, 3.8) is 0 Å². The summed E-state index contributed by atoms with van der Waals surface area (Å²) in [4.78, 5) is 0. The van der Waals surface area contributed by atoms with Crippen LogP contribution in [0.25, 0.3) is 108 Å². The molecule has 4 heterocycles. The molecule has 51 heavy (non-hydrogen) atoms. The molecule has 12 rings (SSSR count). The largest absolute Gasteiger partial charge is 0.309 e. The van der Waals surface area contributed by atoms with Crippen LogP contribution >= 0.6 is 11.3 Å². The second kappa shape index (κ2) is 10.1. The molecule has 0 fully saturated rings. The predicted octanol–water partition coefficient (Wildman–Crippen LogP) is 13.7. The van der Waals surface area contributed by atoms with E-state index in [1.54, 1.807) is 0 Å². The third-order valence-corrected chi connectivity index (χ3v) is 12.2. The zero-order valence-corrected chi connectivity index (χ0v) is 28.3. The van der Waals surface area contributed by atoms with Gasteiger partial charge in [-0.25, -0.2) is 0 Å². The summed E-state index contributed by atoms with van der Waals surface area (Å²) in [7, 11) is 0. The Hall–Kier alpha value is -6.42. The first-order valence-corrected chi connectivity index (χ1v) is 18.3. The van der Waals surface area contributed by atoms with Crippen LogP contribution in [0.4, 0.5) is 0 Å². The third kappa shape index (κ3) is 3.60. The molecule has 0 N–H and O–H groups in total. The first-order chi connectivity index (χ1) is 25.3. The molecule has 0 aliphatic carbocycles. The molecule has 0 amide bonds. The molecule has 12 aromatic rings. The number of thiophene rings is 1. The molecule has 0 atom stereocenters. The summed E-state index contributed by atoms with van der Waals surface area (Å²) in [5.74, 6) is 0. The van der Waals surface area contributed by atoms with Gasteiger partial charge in [0.15, 0.2) is 0 Å². The molecule has 2 nitrogen and oxygen atoms in total. The molecule has 0 radical (unpaired) electrons. The molecule has 0 unspecified atom stereocenters. The molecule has 236 valence electrons. The van der Waals surface area contributed by atoms with Gasteiger partial charge in [0, 0.05) is 58.2 Å². The standard InChI is InChI=1S/C48H28N2S/c1-2-11-29(12-3-1)30-23-25-31(26-24-30)49-39-19-6-5-14-33(39)37-27-28-41-44(48(37)49)38-18-8-17-36-35-16-10-22-43-46(35)45-34(15-9-21-42(45)51-43)32-13-4-7-20-40(32)50(41)47(36)38/h1-28H. The van der Waals surface area contributed by atoms with Crippen LogP contribution in [0.2, 0.25) is 0 Å². The highest BCUT2D eigenvalue weighted by atomic mass is 32.1. The Morgan fingerprint density at radius 3 is 1.63 bits per heavy atom. The van der Waals surface area contributed by atoms with Crippen molar-refractivity contribution in [1.29, 1.82) is 0 Å². The number of aromatic nitrogens is 2. The lowest BCUT2D eigenvalue weighted by atomic mass is 10.0. The zero-order valence-electron chi connectivity index (χ0n) is 27.5. The lowest BCUT2D eigenvalue weighted by molar-refractivity contribution is 1.19. The van der Waals surface area contributed by atoms with Crippen molar-refractivity contribution < 1.29 is 0 Å². The quantitative estimate of drug-likeness (QED) is 0.174. The van der Waals surface area contributed by atoms with E-state index in [0.717, 1.165) is 5.69 Å². The van der Waals surface area contributed by atoms with Crippen LogP contribution in [0.15, 0.2) is 170 Å². The average molecular weight is 665 g/mol. The molecule has 0 aliphatic heterocycles. The van der Waals surface area contributed by atoms with E-state index in [1.807, 2.05) is 11.3 Å². The van der Waals surface area contributed by atoms with E-state index in [-0.39, 0.29) is 0 Å². The monoisotopic (exact) mass is 664 g/mol. The van der Waals surface area contributed by atoms with Crippen LogP contribution in [0.5, 0.6) is 0 Å². The molecule has 0 bridgehead atoms. The summed E-state index contributed by atoms with van der Waals surface area (Å²) in [5.41, 5.74) is 9.73. The molecule has 0 aliphatic rings. The fourth-order valence-corrected chi connectivity index (χ4v) is 10.1. The third-order valence-electron chi connectivity index (χ3n) is 11.1. The van der Waals surface area contributed by atoms with Gasteiger partial charge in [0.1, 0.15) is 0 Å². The number of fused-ring (bicyclic) bond motifs is 11.